The first-order valence-corrected chi connectivity index (χ1v) is 10.2. The topological polar surface area (TPSA) is 73.2 Å². The minimum atomic E-state index is -0.450. The molecule has 0 saturated heterocycles. The molecule has 3 aromatic carbocycles. The summed E-state index contributed by atoms with van der Waals surface area (Å²) in [5, 5.41) is 8.46. The highest BCUT2D eigenvalue weighted by Crippen LogP contribution is 2.29. The number of rotatable bonds is 5. The maximum Gasteiger partial charge on any atom is 0.279 e. The van der Waals surface area contributed by atoms with Crippen LogP contribution in [0.2, 0.25) is 5.02 Å². The first kappa shape index (κ1) is 20.6. The highest BCUT2D eigenvalue weighted by Gasteiger charge is 2.18. The van der Waals surface area contributed by atoms with Crippen LogP contribution in [-0.4, -0.2) is 21.8 Å². The number of carbonyl (C=O) groups excluding carboxylic acids is 1. The van der Waals surface area contributed by atoms with E-state index < -0.39 is 5.91 Å². The Bertz CT molecular complexity index is 1320. The number of halogens is 1. The predicted molar refractivity (Wildman–Crippen MR) is 123 cm³/mol. The molecule has 4 rings (SSSR count). The number of ether oxygens (including phenoxy) is 1. The van der Waals surface area contributed by atoms with Gasteiger partial charge in [-0.15, -0.1) is 0 Å². The number of nitrogens with one attached hydrogen (secondary N) is 1. The first-order chi connectivity index (χ1) is 14.9. The third kappa shape index (κ3) is 4.29. The van der Waals surface area contributed by atoms with E-state index in [1.54, 1.807) is 66.7 Å². The molecule has 0 unspecified atom stereocenters. The summed E-state index contributed by atoms with van der Waals surface area (Å²) >= 11 is 6.29. The molecule has 0 aliphatic carbocycles. The summed E-state index contributed by atoms with van der Waals surface area (Å²) in [6.45, 7) is 3.81. The van der Waals surface area contributed by atoms with Gasteiger partial charge in [-0.2, -0.15) is 9.78 Å². The molecule has 6 nitrogen and oxygen atoms in total. The van der Waals surface area contributed by atoms with Gasteiger partial charge in [-0.05, 0) is 50.2 Å². The lowest BCUT2D eigenvalue weighted by Crippen LogP contribution is -2.26. The minimum Gasteiger partial charge on any atom is -0.489 e. The van der Waals surface area contributed by atoms with Crippen molar-refractivity contribution in [1.29, 1.82) is 0 Å². The van der Waals surface area contributed by atoms with Gasteiger partial charge in [0.15, 0.2) is 5.69 Å². The summed E-state index contributed by atoms with van der Waals surface area (Å²) in [4.78, 5) is 26.1. The number of hydrogen-bond acceptors (Lipinski definition) is 4. The molecule has 1 heterocycles. The molecule has 4 aromatic rings. The van der Waals surface area contributed by atoms with Crippen LogP contribution in [0.5, 0.6) is 5.75 Å². The second kappa shape index (κ2) is 8.62. The van der Waals surface area contributed by atoms with Crippen molar-refractivity contribution in [3.05, 3.63) is 93.9 Å². The maximum absolute atomic E-state index is 13.1. The Hall–Kier alpha value is -3.64. The van der Waals surface area contributed by atoms with Gasteiger partial charge < -0.3 is 10.1 Å². The van der Waals surface area contributed by atoms with E-state index in [-0.39, 0.29) is 17.4 Å². The summed E-state index contributed by atoms with van der Waals surface area (Å²) in [5.41, 5.74) is 0.911. The zero-order valence-electron chi connectivity index (χ0n) is 17.0. The van der Waals surface area contributed by atoms with Crippen LogP contribution >= 0.6 is 11.6 Å². The highest BCUT2D eigenvalue weighted by atomic mass is 35.5. The number of nitrogens with zero attached hydrogens (tertiary/aromatic N) is 2. The number of hydrogen-bond donors (Lipinski definition) is 1. The van der Waals surface area contributed by atoms with Crippen LogP contribution in [0.4, 0.5) is 5.69 Å². The van der Waals surface area contributed by atoms with Gasteiger partial charge in [0.25, 0.3) is 11.5 Å². The maximum atomic E-state index is 13.1. The fourth-order valence-electron chi connectivity index (χ4n) is 3.22. The smallest absolute Gasteiger partial charge is 0.279 e. The van der Waals surface area contributed by atoms with Gasteiger partial charge in [-0.1, -0.05) is 48.0 Å². The van der Waals surface area contributed by atoms with Crippen LogP contribution in [0.25, 0.3) is 16.5 Å². The Labute approximate surface area is 184 Å². The van der Waals surface area contributed by atoms with Crippen molar-refractivity contribution in [2.24, 2.45) is 0 Å². The Morgan fingerprint density at radius 2 is 1.68 bits per heavy atom. The summed E-state index contributed by atoms with van der Waals surface area (Å²) in [5.74, 6) is 0.0883. The molecule has 7 heteroatoms. The van der Waals surface area contributed by atoms with E-state index in [4.69, 9.17) is 16.3 Å². The average Bonchev–Trinajstić information content (AvgIpc) is 2.76. The zero-order valence-corrected chi connectivity index (χ0v) is 17.8. The van der Waals surface area contributed by atoms with Crippen LogP contribution in [-0.2, 0) is 0 Å². The summed E-state index contributed by atoms with van der Waals surface area (Å²) in [6.07, 6.45) is -0.0208. The molecule has 0 atom stereocenters. The molecule has 0 aliphatic heterocycles. The van der Waals surface area contributed by atoms with E-state index in [9.17, 15) is 9.59 Å². The molecular weight excluding hydrogens is 414 g/mol. The highest BCUT2D eigenvalue weighted by molar-refractivity contribution is 6.32. The molecule has 0 fully saturated rings. The van der Waals surface area contributed by atoms with E-state index in [1.807, 2.05) is 19.9 Å². The Kier molecular flexibility index (Phi) is 5.73. The molecule has 1 aromatic heterocycles. The number of aromatic nitrogens is 2. The molecular formula is C24H20ClN3O3. The van der Waals surface area contributed by atoms with Crippen molar-refractivity contribution < 1.29 is 9.53 Å². The second-order valence-electron chi connectivity index (χ2n) is 7.21. The fraction of sp³-hybridized carbons (Fsp3) is 0.125. The van der Waals surface area contributed by atoms with Crippen molar-refractivity contribution in [2.45, 2.75) is 20.0 Å². The number of fused-ring (bicyclic) bond motifs is 1. The average molecular weight is 434 g/mol. The molecule has 156 valence electrons. The van der Waals surface area contributed by atoms with Gasteiger partial charge in [0.1, 0.15) is 5.75 Å². The number of carbonyl (C=O) groups is 1. The Morgan fingerprint density at radius 3 is 2.35 bits per heavy atom. The van der Waals surface area contributed by atoms with E-state index in [0.717, 1.165) is 0 Å². The quantitative estimate of drug-likeness (QED) is 0.476. The lowest BCUT2D eigenvalue weighted by molar-refractivity contribution is 0.102. The number of para-hydroxylation sites is 1. The van der Waals surface area contributed by atoms with Gasteiger partial charge in [0, 0.05) is 11.1 Å². The Morgan fingerprint density at radius 1 is 1.00 bits per heavy atom. The second-order valence-corrected chi connectivity index (χ2v) is 7.62. The molecule has 31 heavy (non-hydrogen) atoms. The predicted octanol–water partition coefficient (Wildman–Crippen LogP) is 5.08. The van der Waals surface area contributed by atoms with E-state index in [1.165, 1.54) is 4.68 Å². The van der Waals surface area contributed by atoms with Crippen LogP contribution in [0.3, 0.4) is 0 Å². The Balaban J connectivity index is 1.75. The first-order valence-electron chi connectivity index (χ1n) is 9.79. The lowest BCUT2D eigenvalue weighted by atomic mass is 10.1. The SMILES string of the molecule is CC(C)Oc1ccc(NC(=O)c2nn(-c3ccccc3)c(=O)c3ccccc23)cc1Cl. The zero-order chi connectivity index (χ0) is 22.0. The van der Waals surface area contributed by atoms with Crippen LogP contribution in [0.1, 0.15) is 24.3 Å². The van der Waals surface area contributed by atoms with E-state index in [2.05, 4.69) is 10.4 Å². The van der Waals surface area contributed by atoms with Gasteiger partial charge in [-0.3, -0.25) is 9.59 Å². The van der Waals surface area contributed by atoms with Crippen LogP contribution < -0.4 is 15.6 Å². The number of amides is 1. The fourth-order valence-corrected chi connectivity index (χ4v) is 3.44. The summed E-state index contributed by atoms with van der Waals surface area (Å²) in [7, 11) is 0. The third-order valence-electron chi connectivity index (χ3n) is 4.57. The number of benzene rings is 3. The van der Waals surface area contributed by atoms with Crippen LogP contribution in [0, 0.1) is 0 Å². The minimum absolute atomic E-state index is 0.0208. The van der Waals surface area contributed by atoms with E-state index >= 15 is 0 Å². The standard InChI is InChI=1S/C24H20ClN3O3/c1-15(2)31-21-13-12-16(14-20(21)25)26-23(29)22-18-10-6-7-11-19(18)24(30)28(27-22)17-8-4-3-5-9-17/h3-15H,1-2H3,(H,26,29). The monoisotopic (exact) mass is 433 g/mol. The van der Waals surface area contributed by atoms with Crippen molar-refractivity contribution >= 4 is 34.0 Å². The molecule has 0 radical (unpaired) electrons. The molecule has 0 aliphatic rings. The van der Waals surface area contributed by atoms with Crippen molar-refractivity contribution in [3.63, 3.8) is 0 Å². The third-order valence-corrected chi connectivity index (χ3v) is 4.87. The lowest BCUT2D eigenvalue weighted by Gasteiger charge is -2.14. The summed E-state index contributed by atoms with van der Waals surface area (Å²) < 4.78 is 6.87. The largest absolute Gasteiger partial charge is 0.489 e. The normalized spacial score (nSPS) is 11.0. The van der Waals surface area contributed by atoms with Gasteiger partial charge >= 0.3 is 0 Å². The van der Waals surface area contributed by atoms with E-state index in [0.29, 0.717) is 32.9 Å². The van der Waals surface area contributed by atoms with Crippen molar-refractivity contribution in [2.75, 3.05) is 5.32 Å². The number of anilines is 1. The van der Waals surface area contributed by atoms with Gasteiger partial charge in [-0.25, -0.2) is 0 Å². The molecule has 0 bridgehead atoms. The van der Waals surface area contributed by atoms with Gasteiger partial charge in [0.2, 0.25) is 0 Å². The van der Waals surface area contributed by atoms with Crippen molar-refractivity contribution in [1.82, 2.24) is 9.78 Å². The molecule has 0 spiro atoms. The van der Waals surface area contributed by atoms with Crippen molar-refractivity contribution in [3.8, 4) is 11.4 Å². The molecule has 1 N–H and O–H groups in total. The van der Waals surface area contributed by atoms with Gasteiger partial charge in [0.05, 0.1) is 22.2 Å². The molecule has 1 amide bonds. The summed E-state index contributed by atoms with van der Waals surface area (Å²) in [6, 6.07) is 20.9. The molecule has 0 saturated carbocycles. The van der Waals surface area contributed by atoms with Crippen LogP contribution in [0.15, 0.2) is 77.6 Å².